The lowest BCUT2D eigenvalue weighted by Crippen LogP contribution is -2.18. The molecule has 0 bridgehead atoms. The summed E-state index contributed by atoms with van der Waals surface area (Å²) in [5, 5.41) is 0. The van der Waals surface area contributed by atoms with Crippen molar-refractivity contribution < 1.29 is 0 Å². The van der Waals surface area contributed by atoms with Gasteiger partial charge in [0.25, 0.3) is 0 Å². The minimum atomic E-state index is 0.974. The Kier molecular flexibility index (Phi) is 3.20. The van der Waals surface area contributed by atoms with Gasteiger partial charge in [-0.05, 0) is 28.8 Å². The lowest BCUT2D eigenvalue weighted by molar-refractivity contribution is 0.531. The molecule has 1 aliphatic rings. The van der Waals surface area contributed by atoms with Crippen LogP contribution in [0.25, 0.3) is 16.8 Å². The van der Waals surface area contributed by atoms with Crippen molar-refractivity contribution in [2.24, 2.45) is 0 Å². The van der Waals surface area contributed by atoms with Crippen molar-refractivity contribution in [3.63, 3.8) is 0 Å². The average Bonchev–Trinajstić information content (AvgIpc) is 2.49. The van der Waals surface area contributed by atoms with Crippen molar-refractivity contribution in [2.45, 2.75) is 0 Å². The topological polar surface area (TPSA) is 3.24 Å². The van der Waals surface area contributed by atoms with Crippen LogP contribution >= 0.6 is 0 Å². The van der Waals surface area contributed by atoms with E-state index in [1.807, 2.05) is 0 Å². The largest absolute Gasteiger partial charge is 0.370 e. The van der Waals surface area contributed by atoms with Crippen LogP contribution in [0.4, 0.5) is 0 Å². The van der Waals surface area contributed by atoms with Gasteiger partial charge in [-0.1, -0.05) is 60.7 Å². The van der Waals surface area contributed by atoms with Crippen LogP contribution in [-0.2, 0) is 0 Å². The number of nitrogens with zero attached hydrogens (tertiary/aromatic N) is 1. The second-order valence-corrected chi connectivity index (χ2v) is 4.81. The van der Waals surface area contributed by atoms with Crippen LogP contribution in [0.2, 0.25) is 0 Å². The van der Waals surface area contributed by atoms with E-state index < -0.39 is 0 Å². The summed E-state index contributed by atoms with van der Waals surface area (Å²) in [6.07, 6.45) is 6.47. The molecule has 3 rings (SSSR count). The molecule has 1 nitrogen and oxygen atoms in total. The van der Waals surface area contributed by atoms with Crippen LogP contribution in [0, 0.1) is 0 Å². The zero-order valence-corrected chi connectivity index (χ0v) is 11.1. The molecule has 0 radical (unpaired) electrons. The number of hydrogen-bond donors (Lipinski definition) is 0. The highest BCUT2D eigenvalue weighted by Crippen LogP contribution is 2.26. The second-order valence-electron chi connectivity index (χ2n) is 4.81. The minimum Gasteiger partial charge on any atom is -0.370 e. The molecule has 0 spiro atoms. The standard InChI is InChI=1S/C18H17N/c1-19-13-6-5-12-18(19)17-11-7-10-16(14-17)15-8-3-2-4-9-15/h2-12,14H,13H2,1H3. The Bertz CT molecular complexity index is 623. The molecule has 0 fully saturated rings. The average molecular weight is 247 g/mol. The summed E-state index contributed by atoms with van der Waals surface area (Å²) in [7, 11) is 2.13. The first kappa shape index (κ1) is 11.8. The Morgan fingerprint density at radius 3 is 2.37 bits per heavy atom. The third kappa shape index (κ3) is 2.45. The van der Waals surface area contributed by atoms with E-state index in [0.29, 0.717) is 0 Å². The molecule has 0 aliphatic carbocycles. The van der Waals surface area contributed by atoms with Gasteiger partial charge in [0, 0.05) is 19.3 Å². The highest BCUT2D eigenvalue weighted by atomic mass is 15.1. The number of likely N-dealkylation sites (N-methyl/N-ethyl adjacent to an activating group) is 1. The quantitative estimate of drug-likeness (QED) is 0.769. The third-order valence-corrected chi connectivity index (χ3v) is 3.45. The fraction of sp³-hybridized carbons (Fsp3) is 0.111. The van der Waals surface area contributed by atoms with Crippen molar-refractivity contribution >= 4 is 5.70 Å². The predicted octanol–water partition coefficient (Wildman–Crippen LogP) is 4.20. The van der Waals surface area contributed by atoms with Gasteiger partial charge >= 0.3 is 0 Å². The highest BCUT2D eigenvalue weighted by Gasteiger charge is 2.09. The second kappa shape index (κ2) is 5.15. The summed E-state index contributed by atoms with van der Waals surface area (Å²) in [6.45, 7) is 0.974. The van der Waals surface area contributed by atoms with Gasteiger partial charge in [-0.2, -0.15) is 0 Å². The minimum absolute atomic E-state index is 0.974. The summed E-state index contributed by atoms with van der Waals surface area (Å²) < 4.78 is 0. The maximum Gasteiger partial charge on any atom is 0.0440 e. The molecule has 2 aromatic rings. The van der Waals surface area contributed by atoms with Crippen LogP contribution in [0.15, 0.2) is 72.8 Å². The van der Waals surface area contributed by atoms with Crippen molar-refractivity contribution in [2.75, 3.05) is 13.6 Å². The first-order valence-electron chi connectivity index (χ1n) is 6.58. The van der Waals surface area contributed by atoms with Gasteiger partial charge in [-0.3, -0.25) is 0 Å². The van der Waals surface area contributed by atoms with Gasteiger partial charge < -0.3 is 4.90 Å². The molecule has 1 heterocycles. The Hall–Kier alpha value is -2.28. The van der Waals surface area contributed by atoms with E-state index in [0.717, 1.165) is 6.54 Å². The lowest BCUT2D eigenvalue weighted by Gasteiger charge is -2.24. The molecular formula is C18H17N. The molecule has 0 unspecified atom stereocenters. The van der Waals surface area contributed by atoms with Crippen molar-refractivity contribution in [1.29, 1.82) is 0 Å². The number of benzene rings is 2. The number of hydrogen-bond acceptors (Lipinski definition) is 1. The highest BCUT2D eigenvalue weighted by molar-refractivity contribution is 5.73. The van der Waals surface area contributed by atoms with Gasteiger partial charge in [0.05, 0.1) is 0 Å². The van der Waals surface area contributed by atoms with Crippen LogP contribution < -0.4 is 0 Å². The first-order chi connectivity index (χ1) is 9.34. The molecule has 0 saturated heterocycles. The summed E-state index contributed by atoms with van der Waals surface area (Å²) in [5.41, 5.74) is 5.08. The molecule has 0 amide bonds. The molecule has 94 valence electrons. The van der Waals surface area contributed by atoms with E-state index in [1.54, 1.807) is 0 Å². The van der Waals surface area contributed by atoms with Crippen LogP contribution in [0.5, 0.6) is 0 Å². The molecular weight excluding hydrogens is 230 g/mol. The molecule has 0 aromatic heterocycles. The number of allylic oxidation sites excluding steroid dienone is 2. The van der Waals surface area contributed by atoms with Crippen LogP contribution in [-0.4, -0.2) is 18.5 Å². The van der Waals surface area contributed by atoms with Crippen molar-refractivity contribution in [3.8, 4) is 11.1 Å². The van der Waals surface area contributed by atoms with Gasteiger partial charge in [0.2, 0.25) is 0 Å². The fourth-order valence-corrected chi connectivity index (χ4v) is 2.41. The molecule has 1 heteroatoms. The fourth-order valence-electron chi connectivity index (χ4n) is 2.41. The van der Waals surface area contributed by atoms with Gasteiger partial charge in [-0.15, -0.1) is 0 Å². The van der Waals surface area contributed by atoms with E-state index in [9.17, 15) is 0 Å². The van der Waals surface area contributed by atoms with Crippen molar-refractivity contribution in [3.05, 3.63) is 78.4 Å². The summed E-state index contributed by atoms with van der Waals surface area (Å²) in [6, 6.07) is 19.2. The Morgan fingerprint density at radius 2 is 1.58 bits per heavy atom. The van der Waals surface area contributed by atoms with E-state index >= 15 is 0 Å². The van der Waals surface area contributed by atoms with Crippen LogP contribution in [0.3, 0.4) is 0 Å². The third-order valence-electron chi connectivity index (χ3n) is 3.45. The van der Waals surface area contributed by atoms with Gasteiger partial charge in [-0.25, -0.2) is 0 Å². The van der Waals surface area contributed by atoms with Crippen molar-refractivity contribution in [1.82, 2.24) is 4.90 Å². The lowest BCUT2D eigenvalue weighted by atomic mass is 10.0. The molecule has 1 aliphatic heterocycles. The Labute approximate surface area is 114 Å². The van der Waals surface area contributed by atoms with Gasteiger partial charge in [0.1, 0.15) is 0 Å². The molecule has 19 heavy (non-hydrogen) atoms. The summed E-state index contributed by atoms with van der Waals surface area (Å²) >= 11 is 0. The maximum atomic E-state index is 2.27. The molecule has 0 atom stereocenters. The SMILES string of the molecule is CN1CC=CC=C1c1cccc(-c2ccccc2)c1. The smallest absolute Gasteiger partial charge is 0.0440 e. The zero-order valence-electron chi connectivity index (χ0n) is 11.1. The van der Waals surface area contributed by atoms with E-state index in [-0.39, 0.29) is 0 Å². The van der Waals surface area contributed by atoms with E-state index in [4.69, 9.17) is 0 Å². The molecule has 0 saturated carbocycles. The molecule has 2 aromatic carbocycles. The molecule has 0 N–H and O–H groups in total. The van der Waals surface area contributed by atoms with E-state index in [2.05, 4.69) is 84.8 Å². The van der Waals surface area contributed by atoms with Crippen LogP contribution in [0.1, 0.15) is 5.56 Å². The predicted molar refractivity (Wildman–Crippen MR) is 81.6 cm³/mol. The normalized spacial score (nSPS) is 14.4. The Morgan fingerprint density at radius 1 is 0.842 bits per heavy atom. The Balaban J connectivity index is 2.01. The summed E-state index contributed by atoms with van der Waals surface area (Å²) in [4.78, 5) is 2.27. The monoisotopic (exact) mass is 247 g/mol. The van der Waals surface area contributed by atoms with Gasteiger partial charge in [0.15, 0.2) is 0 Å². The number of rotatable bonds is 2. The first-order valence-corrected chi connectivity index (χ1v) is 6.58. The zero-order chi connectivity index (χ0) is 13.1. The summed E-state index contributed by atoms with van der Waals surface area (Å²) in [5.74, 6) is 0. The van der Waals surface area contributed by atoms with E-state index in [1.165, 1.54) is 22.4 Å². The maximum absolute atomic E-state index is 2.27.